The van der Waals surface area contributed by atoms with E-state index in [2.05, 4.69) is 11.6 Å². The van der Waals surface area contributed by atoms with E-state index >= 15 is 0 Å². The fourth-order valence-corrected chi connectivity index (χ4v) is 4.76. The van der Waals surface area contributed by atoms with Gasteiger partial charge in [0.05, 0.1) is 12.2 Å². The molecule has 0 saturated heterocycles. The highest BCUT2D eigenvalue weighted by Crippen LogP contribution is 2.45. The number of aliphatic hydroxyl groups is 2. The highest BCUT2D eigenvalue weighted by molar-refractivity contribution is 5.83. The molecule has 0 aliphatic carbocycles. The number of hydrogen-bond donors (Lipinski definition) is 3. The normalized spacial score (nSPS) is 15.9. The van der Waals surface area contributed by atoms with Crippen LogP contribution >= 0.6 is 0 Å². The zero-order valence-corrected chi connectivity index (χ0v) is 19.5. The van der Waals surface area contributed by atoms with E-state index in [0.29, 0.717) is 22.3 Å². The van der Waals surface area contributed by atoms with Gasteiger partial charge in [-0.15, -0.1) is 0 Å². The first-order chi connectivity index (χ1) is 16.1. The monoisotopic (exact) mass is 463 g/mol. The van der Waals surface area contributed by atoms with Crippen LogP contribution in [0.25, 0.3) is 5.57 Å². The lowest BCUT2D eigenvalue weighted by Gasteiger charge is -2.43. The van der Waals surface area contributed by atoms with Gasteiger partial charge >= 0.3 is 5.97 Å². The summed E-state index contributed by atoms with van der Waals surface area (Å²) in [4.78, 5) is 16.9. The van der Waals surface area contributed by atoms with Gasteiger partial charge in [-0.1, -0.05) is 62.9 Å². The van der Waals surface area contributed by atoms with Crippen molar-refractivity contribution < 1.29 is 24.5 Å². The summed E-state index contributed by atoms with van der Waals surface area (Å²) in [6.45, 7) is 9.36. The van der Waals surface area contributed by atoms with Crippen molar-refractivity contribution in [1.82, 2.24) is 4.98 Å². The number of pyridine rings is 1. The molecule has 0 bridgehead atoms. The van der Waals surface area contributed by atoms with Gasteiger partial charge in [-0.3, -0.25) is 9.78 Å². The molecule has 0 saturated carbocycles. The van der Waals surface area contributed by atoms with Crippen LogP contribution in [0.3, 0.4) is 0 Å². The lowest BCUT2D eigenvalue weighted by molar-refractivity contribution is -0.153. The number of carbonyl (C=O) groups is 1. The van der Waals surface area contributed by atoms with E-state index in [-0.39, 0.29) is 0 Å². The van der Waals surface area contributed by atoms with Crippen molar-refractivity contribution in [3.05, 3.63) is 108 Å². The maximum atomic E-state index is 13.7. The van der Waals surface area contributed by atoms with Crippen LogP contribution in [0.1, 0.15) is 42.0 Å². The van der Waals surface area contributed by atoms with Gasteiger partial charge in [0, 0.05) is 18.3 Å². The molecule has 0 radical (unpaired) electrons. The Morgan fingerprint density at radius 3 is 2.21 bits per heavy atom. The van der Waals surface area contributed by atoms with Crippen molar-refractivity contribution in [3.8, 4) is 0 Å². The Balaban J connectivity index is 2.22. The van der Waals surface area contributed by atoms with Gasteiger partial charge in [0.25, 0.3) is 0 Å². The van der Waals surface area contributed by atoms with Crippen LogP contribution in [0.15, 0.2) is 79.6 Å². The lowest BCUT2D eigenvalue weighted by Crippen LogP contribution is -2.55. The van der Waals surface area contributed by atoms with Crippen molar-refractivity contribution >= 4 is 11.5 Å². The molecule has 3 N–H and O–H groups in total. The summed E-state index contributed by atoms with van der Waals surface area (Å²) in [6, 6.07) is 15.9. The predicted octanol–water partition coefficient (Wildman–Crippen LogP) is 4.73. The van der Waals surface area contributed by atoms with Gasteiger partial charge in [-0.25, -0.2) is 4.39 Å². The maximum absolute atomic E-state index is 13.7. The topological polar surface area (TPSA) is 90.7 Å². The Morgan fingerprint density at radius 2 is 1.68 bits per heavy atom. The number of hydrogen-bond acceptors (Lipinski definition) is 4. The Labute approximate surface area is 199 Å². The average Bonchev–Trinajstić information content (AvgIpc) is 2.81. The number of nitrogens with zero attached hydrogens (tertiary/aromatic N) is 1. The molecule has 1 aromatic heterocycles. The van der Waals surface area contributed by atoms with Crippen LogP contribution in [0.2, 0.25) is 0 Å². The Kier molecular flexibility index (Phi) is 7.64. The third-order valence-corrected chi connectivity index (χ3v) is 6.65. The summed E-state index contributed by atoms with van der Waals surface area (Å²) in [7, 11) is 0. The molecule has 3 rings (SSSR count). The van der Waals surface area contributed by atoms with Crippen molar-refractivity contribution in [2.75, 3.05) is 0 Å². The van der Waals surface area contributed by atoms with Crippen LogP contribution in [0, 0.1) is 18.7 Å². The summed E-state index contributed by atoms with van der Waals surface area (Å²) < 4.78 is 13.7. The summed E-state index contributed by atoms with van der Waals surface area (Å²) >= 11 is 0. The van der Waals surface area contributed by atoms with Crippen LogP contribution in [0.5, 0.6) is 0 Å². The Hall–Kier alpha value is -3.35. The SMILES string of the molecule is C=C(c1ccccc1C)C(O)C(c1ccc(F)cc1)C(O)C(C(=O)O)(c1cccnc1)C(C)C. The molecule has 4 atom stereocenters. The number of carboxylic acid groups (broad SMARTS) is 1. The third kappa shape index (κ3) is 4.52. The first-order valence-corrected chi connectivity index (χ1v) is 11.1. The second kappa shape index (κ2) is 10.3. The van der Waals surface area contributed by atoms with E-state index in [1.165, 1.54) is 36.7 Å². The second-order valence-electron chi connectivity index (χ2n) is 8.88. The molecular weight excluding hydrogens is 433 g/mol. The number of aliphatic carboxylic acids is 1. The fraction of sp³-hybridized carbons (Fsp3) is 0.286. The number of benzene rings is 2. The second-order valence-corrected chi connectivity index (χ2v) is 8.88. The third-order valence-electron chi connectivity index (χ3n) is 6.65. The van der Waals surface area contributed by atoms with E-state index < -0.39 is 41.2 Å². The lowest BCUT2D eigenvalue weighted by atomic mass is 9.62. The molecule has 4 unspecified atom stereocenters. The summed E-state index contributed by atoms with van der Waals surface area (Å²) in [5.41, 5.74) is 0.804. The number of aliphatic hydroxyl groups excluding tert-OH is 2. The quantitative estimate of drug-likeness (QED) is 0.427. The molecule has 5 nitrogen and oxygen atoms in total. The minimum Gasteiger partial charge on any atom is -0.480 e. The van der Waals surface area contributed by atoms with Crippen LogP contribution in [-0.2, 0) is 10.2 Å². The Morgan fingerprint density at radius 1 is 1.03 bits per heavy atom. The molecule has 0 amide bonds. The zero-order chi connectivity index (χ0) is 25.0. The first-order valence-electron chi connectivity index (χ1n) is 11.1. The smallest absolute Gasteiger partial charge is 0.317 e. The van der Waals surface area contributed by atoms with E-state index in [1.807, 2.05) is 31.2 Å². The highest BCUT2D eigenvalue weighted by atomic mass is 19.1. The van der Waals surface area contributed by atoms with E-state index in [9.17, 15) is 24.5 Å². The molecule has 0 fully saturated rings. The molecule has 1 heterocycles. The van der Waals surface area contributed by atoms with Gasteiger partial charge in [0.1, 0.15) is 11.2 Å². The largest absolute Gasteiger partial charge is 0.480 e. The van der Waals surface area contributed by atoms with Crippen molar-refractivity contribution in [3.63, 3.8) is 0 Å². The molecule has 178 valence electrons. The van der Waals surface area contributed by atoms with E-state index in [4.69, 9.17) is 0 Å². The van der Waals surface area contributed by atoms with Crippen molar-refractivity contribution in [2.24, 2.45) is 5.92 Å². The highest BCUT2D eigenvalue weighted by Gasteiger charge is 2.54. The molecule has 0 spiro atoms. The standard InChI is InChI=1S/C28H30FNO4/c1-17(2)28(27(33)34,21-9-7-15-30-16-21)26(32)24(20-11-13-22(29)14-12-20)25(31)19(4)23-10-6-5-8-18(23)3/h5-17,24-26,31-32H,4H2,1-3H3,(H,33,34). The minimum atomic E-state index is -1.81. The van der Waals surface area contributed by atoms with E-state index in [0.717, 1.165) is 5.56 Å². The van der Waals surface area contributed by atoms with Gasteiger partial charge in [-0.2, -0.15) is 0 Å². The number of aryl methyl sites for hydroxylation is 1. The van der Waals surface area contributed by atoms with E-state index in [1.54, 1.807) is 26.0 Å². The Bertz CT molecular complexity index is 1150. The molecular formula is C28H30FNO4. The number of halogens is 1. The molecule has 3 aromatic rings. The van der Waals surface area contributed by atoms with Gasteiger partial charge in [0.15, 0.2) is 0 Å². The molecule has 6 heteroatoms. The summed E-state index contributed by atoms with van der Waals surface area (Å²) in [5.74, 6) is -3.42. The number of rotatable bonds is 9. The van der Waals surface area contributed by atoms with Crippen molar-refractivity contribution in [1.29, 1.82) is 0 Å². The molecule has 0 aliphatic heterocycles. The number of aromatic nitrogens is 1. The molecule has 0 aliphatic rings. The zero-order valence-electron chi connectivity index (χ0n) is 19.5. The van der Waals surface area contributed by atoms with Gasteiger partial charge in [-0.05, 0) is 58.9 Å². The fourth-order valence-electron chi connectivity index (χ4n) is 4.76. The molecule has 34 heavy (non-hydrogen) atoms. The average molecular weight is 464 g/mol. The van der Waals surface area contributed by atoms with Crippen LogP contribution in [0.4, 0.5) is 4.39 Å². The number of carboxylic acids is 1. The van der Waals surface area contributed by atoms with Crippen LogP contribution in [-0.4, -0.2) is 38.5 Å². The van der Waals surface area contributed by atoms with Crippen LogP contribution < -0.4 is 0 Å². The summed E-state index contributed by atoms with van der Waals surface area (Å²) in [6.07, 6.45) is -0.0114. The van der Waals surface area contributed by atoms with Gasteiger partial charge in [0.2, 0.25) is 0 Å². The van der Waals surface area contributed by atoms with Crippen molar-refractivity contribution in [2.45, 2.75) is 44.3 Å². The minimum absolute atomic E-state index is 0.311. The predicted molar refractivity (Wildman–Crippen MR) is 130 cm³/mol. The summed E-state index contributed by atoms with van der Waals surface area (Å²) in [5, 5.41) is 33.9. The first kappa shape index (κ1) is 25.3. The molecule has 2 aromatic carbocycles. The maximum Gasteiger partial charge on any atom is 0.317 e. The van der Waals surface area contributed by atoms with Gasteiger partial charge < -0.3 is 15.3 Å².